The van der Waals surface area contributed by atoms with E-state index >= 15 is 0 Å². The summed E-state index contributed by atoms with van der Waals surface area (Å²) in [7, 11) is 2.01. The van der Waals surface area contributed by atoms with Gasteiger partial charge in [-0.05, 0) is 7.05 Å². The van der Waals surface area contributed by atoms with Gasteiger partial charge in [0.25, 0.3) is 0 Å². The zero-order chi connectivity index (χ0) is 12.2. The summed E-state index contributed by atoms with van der Waals surface area (Å²) in [6, 6.07) is 1.81. The number of likely N-dealkylation sites (tertiary alicyclic amines) is 1. The summed E-state index contributed by atoms with van der Waals surface area (Å²) < 4.78 is 37.5. The maximum Gasteiger partial charge on any atom is 0.433 e. The van der Waals surface area contributed by atoms with Gasteiger partial charge in [0.1, 0.15) is 17.8 Å². The number of piperazine rings is 1. The summed E-state index contributed by atoms with van der Waals surface area (Å²) in [5.74, 6) is 0.377. The summed E-state index contributed by atoms with van der Waals surface area (Å²) in [4.78, 5) is 11.3. The second kappa shape index (κ2) is 3.32. The van der Waals surface area contributed by atoms with E-state index in [2.05, 4.69) is 14.9 Å². The van der Waals surface area contributed by atoms with Crippen LogP contribution in [0.15, 0.2) is 12.4 Å². The number of hydrogen-bond acceptors (Lipinski definition) is 4. The van der Waals surface area contributed by atoms with Crippen molar-refractivity contribution in [2.75, 3.05) is 25.0 Å². The van der Waals surface area contributed by atoms with Crippen molar-refractivity contribution in [2.45, 2.75) is 18.3 Å². The number of nitrogens with zero attached hydrogens (tertiary/aromatic N) is 4. The molecule has 0 amide bonds. The Morgan fingerprint density at radius 1 is 1.24 bits per heavy atom. The van der Waals surface area contributed by atoms with Crippen molar-refractivity contribution >= 4 is 5.82 Å². The molecule has 0 aliphatic carbocycles. The Morgan fingerprint density at radius 3 is 2.53 bits per heavy atom. The van der Waals surface area contributed by atoms with Crippen LogP contribution in [0.2, 0.25) is 0 Å². The van der Waals surface area contributed by atoms with Crippen molar-refractivity contribution in [3.05, 3.63) is 18.1 Å². The van der Waals surface area contributed by atoms with E-state index in [4.69, 9.17) is 0 Å². The maximum atomic E-state index is 12.5. The van der Waals surface area contributed by atoms with Crippen molar-refractivity contribution in [1.82, 2.24) is 14.9 Å². The van der Waals surface area contributed by atoms with E-state index in [1.807, 2.05) is 11.9 Å². The molecule has 1 aromatic rings. The van der Waals surface area contributed by atoms with Crippen molar-refractivity contribution in [2.24, 2.45) is 0 Å². The quantitative estimate of drug-likeness (QED) is 0.737. The number of halogens is 3. The summed E-state index contributed by atoms with van der Waals surface area (Å²) in [5, 5.41) is 0. The summed E-state index contributed by atoms with van der Waals surface area (Å²) >= 11 is 0. The maximum absolute atomic E-state index is 12.5. The fourth-order valence-corrected chi connectivity index (χ4v) is 2.40. The Hall–Kier alpha value is -1.37. The molecule has 2 atom stereocenters. The Morgan fingerprint density at radius 2 is 2.00 bits per heavy atom. The van der Waals surface area contributed by atoms with Gasteiger partial charge in [-0.1, -0.05) is 0 Å². The van der Waals surface area contributed by atoms with Gasteiger partial charge in [-0.15, -0.1) is 0 Å². The first-order valence-corrected chi connectivity index (χ1v) is 5.33. The van der Waals surface area contributed by atoms with E-state index in [1.54, 1.807) is 0 Å². The highest BCUT2D eigenvalue weighted by Gasteiger charge is 2.50. The minimum atomic E-state index is -4.40. The van der Waals surface area contributed by atoms with Crippen LogP contribution in [0.1, 0.15) is 5.69 Å². The molecule has 0 spiro atoms. The summed E-state index contributed by atoms with van der Waals surface area (Å²) in [5.41, 5.74) is -0.876. The molecule has 0 saturated carbocycles. The summed E-state index contributed by atoms with van der Waals surface area (Å²) in [6.45, 7) is 1.63. The zero-order valence-electron chi connectivity index (χ0n) is 9.15. The standard InChI is InChI=1S/C10H11F3N4/c1-16-3-7-6(16)4-17(7)9-2-8(10(11,12)13)14-5-15-9/h2,5-7H,3-4H2,1H3. The van der Waals surface area contributed by atoms with Crippen LogP contribution in [0.4, 0.5) is 19.0 Å². The molecule has 92 valence electrons. The van der Waals surface area contributed by atoms with Gasteiger partial charge in [0, 0.05) is 25.2 Å². The van der Waals surface area contributed by atoms with Gasteiger partial charge in [-0.25, -0.2) is 9.97 Å². The van der Waals surface area contributed by atoms with Crippen LogP contribution in [0.5, 0.6) is 0 Å². The second-order valence-electron chi connectivity index (χ2n) is 4.49. The molecule has 3 heterocycles. The lowest BCUT2D eigenvalue weighted by Gasteiger charge is -2.61. The van der Waals surface area contributed by atoms with Gasteiger partial charge < -0.3 is 4.90 Å². The molecule has 0 N–H and O–H groups in total. The molecule has 1 aromatic heterocycles. The number of alkyl halides is 3. The molecule has 2 unspecified atom stereocenters. The highest BCUT2D eigenvalue weighted by Crippen LogP contribution is 2.36. The van der Waals surface area contributed by atoms with Crippen molar-refractivity contribution in [3.8, 4) is 0 Å². The second-order valence-corrected chi connectivity index (χ2v) is 4.49. The first-order valence-electron chi connectivity index (χ1n) is 5.33. The molecule has 17 heavy (non-hydrogen) atoms. The van der Waals surface area contributed by atoms with Gasteiger partial charge in [0.05, 0.1) is 6.04 Å². The largest absolute Gasteiger partial charge is 0.433 e. The van der Waals surface area contributed by atoms with Crippen LogP contribution in [0.3, 0.4) is 0 Å². The number of hydrogen-bond donors (Lipinski definition) is 0. The van der Waals surface area contributed by atoms with Crippen LogP contribution in [0, 0.1) is 0 Å². The fourth-order valence-electron chi connectivity index (χ4n) is 2.40. The van der Waals surface area contributed by atoms with Crippen molar-refractivity contribution in [1.29, 1.82) is 0 Å². The van der Waals surface area contributed by atoms with E-state index in [9.17, 15) is 13.2 Å². The molecule has 2 fully saturated rings. The Kier molecular flexibility index (Phi) is 2.10. The molecule has 0 aromatic carbocycles. The average molecular weight is 244 g/mol. The zero-order valence-corrected chi connectivity index (χ0v) is 9.15. The van der Waals surface area contributed by atoms with Gasteiger partial charge in [-0.3, -0.25) is 4.90 Å². The topological polar surface area (TPSA) is 32.3 Å². The minimum Gasteiger partial charge on any atom is -0.349 e. The Labute approximate surface area is 96.1 Å². The molecule has 0 bridgehead atoms. The van der Waals surface area contributed by atoms with E-state index < -0.39 is 11.9 Å². The number of aromatic nitrogens is 2. The number of anilines is 1. The molecule has 0 radical (unpaired) electrons. The molecular weight excluding hydrogens is 233 g/mol. The molecule has 2 aliphatic rings. The predicted octanol–water partition coefficient (Wildman–Crippen LogP) is 0.998. The van der Waals surface area contributed by atoms with E-state index in [-0.39, 0.29) is 0 Å². The number of rotatable bonds is 1. The third-order valence-corrected chi connectivity index (χ3v) is 3.51. The molecule has 3 rings (SSSR count). The normalized spacial score (nSPS) is 28.4. The fraction of sp³-hybridized carbons (Fsp3) is 0.600. The molecular formula is C10H11F3N4. The molecule has 7 heteroatoms. The lowest BCUT2D eigenvalue weighted by Crippen LogP contribution is -2.78. The van der Waals surface area contributed by atoms with Crippen LogP contribution < -0.4 is 4.90 Å². The van der Waals surface area contributed by atoms with Gasteiger partial charge in [0.2, 0.25) is 0 Å². The summed E-state index contributed by atoms with van der Waals surface area (Å²) in [6.07, 6.45) is -3.42. The number of fused-ring (bicyclic) bond motifs is 1. The van der Waals surface area contributed by atoms with Gasteiger partial charge in [-0.2, -0.15) is 13.2 Å². The average Bonchev–Trinajstić information content (AvgIpc) is 2.25. The van der Waals surface area contributed by atoms with Gasteiger partial charge >= 0.3 is 6.18 Å². The minimum absolute atomic E-state index is 0.316. The van der Waals surface area contributed by atoms with Crippen molar-refractivity contribution < 1.29 is 13.2 Å². The van der Waals surface area contributed by atoms with Crippen LogP contribution >= 0.6 is 0 Å². The highest BCUT2D eigenvalue weighted by molar-refractivity contribution is 5.47. The van der Waals surface area contributed by atoms with Crippen molar-refractivity contribution in [3.63, 3.8) is 0 Å². The predicted molar refractivity (Wildman–Crippen MR) is 54.6 cm³/mol. The van der Waals surface area contributed by atoms with Crippen LogP contribution in [-0.2, 0) is 6.18 Å². The monoisotopic (exact) mass is 244 g/mol. The Bertz CT molecular complexity index is 447. The lowest BCUT2D eigenvalue weighted by molar-refractivity contribution is -0.141. The SMILES string of the molecule is CN1CC2C1CN2c1cc(C(F)(F)F)ncn1. The van der Waals surface area contributed by atoms with E-state index in [0.29, 0.717) is 17.9 Å². The molecule has 2 saturated heterocycles. The molecule has 4 nitrogen and oxygen atoms in total. The Balaban J connectivity index is 1.81. The lowest BCUT2D eigenvalue weighted by atomic mass is 9.86. The smallest absolute Gasteiger partial charge is 0.349 e. The van der Waals surface area contributed by atoms with E-state index in [1.165, 1.54) is 0 Å². The molecule has 2 aliphatic heterocycles. The third-order valence-electron chi connectivity index (χ3n) is 3.51. The van der Waals surface area contributed by atoms with Crippen LogP contribution in [0.25, 0.3) is 0 Å². The van der Waals surface area contributed by atoms with Crippen LogP contribution in [-0.4, -0.2) is 47.1 Å². The first kappa shape index (κ1) is 10.8. The van der Waals surface area contributed by atoms with Gasteiger partial charge in [0.15, 0.2) is 0 Å². The number of likely N-dealkylation sites (N-methyl/N-ethyl adjacent to an activating group) is 1. The third kappa shape index (κ3) is 1.56. The first-order chi connectivity index (χ1) is 7.97. The highest BCUT2D eigenvalue weighted by atomic mass is 19.4. The van der Waals surface area contributed by atoms with E-state index in [0.717, 1.165) is 25.5 Å².